The quantitative estimate of drug-likeness (QED) is 0.824. The van der Waals surface area contributed by atoms with Gasteiger partial charge < -0.3 is 4.90 Å². The Morgan fingerprint density at radius 2 is 1.50 bits per heavy atom. The number of amides is 2. The van der Waals surface area contributed by atoms with E-state index < -0.39 is 0 Å². The number of carbonyl (C=O) groups is 2. The lowest BCUT2D eigenvalue weighted by molar-refractivity contribution is -0.126. The highest BCUT2D eigenvalue weighted by molar-refractivity contribution is 6.40. The van der Waals surface area contributed by atoms with Crippen molar-refractivity contribution in [1.29, 1.82) is 0 Å². The lowest BCUT2D eigenvalue weighted by atomic mass is 10.1. The zero-order valence-corrected chi connectivity index (χ0v) is 15.8. The van der Waals surface area contributed by atoms with Gasteiger partial charge in [-0.2, -0.15) is 5.10 Å². The molecule has 2 aromatic rings. The molecule has 0 radical (unpaired) electrons. The van der Waals surface area contributed by atoms with Crippen LogP contribution in [0, 0.1) is 0 Å². The molecule has 0 saturated carbocycles. The van der Waals surface area contributed by atoms with E-state index in [1.54, 1.807) is 0 Å². The zero-order valence-electron chi connectivity index (χ0n) is 15.8. The van der Waals surface area contributed by atoms with E-state index in [1.807, 2.05) is 41.3 Å². The van der Waals surface area contributed by atoms with Crippen molar-refractivity contribution in [2.75, 3.05) is 31.2 Å². The van der Waals surface area contributed by atoms with Gasteiger partial charge in [-0.05, 0) is 17.7 Å². The normalized spacial score (nSPS) is 18.1. The second-order valence-corrected chi connectivity index (χ2v) is 7.14. The molecule has 1 fully saturated rings. The van der Waals surface area contributed by atoms with Gasteiger partial charge in [0.25, 0.3) is 5.91 Å². The third-order valence-corrected chi connectivity index (χ3v) is 5.19. The van der Waals surface area contributed by atoms with Crippen molar-refractivity contribution in [3.8, 4) is 0 Å². The van der Waals surface area contributed by atoms with E-state index in [1.165, 1.54) is 10.6 Å². The molecule has 6 heteroatoms. The summed E-state index contributed by atoms with van der Waals surface area (Å²) in [5.41, 5.74) is 2.46. The molecule has 144 valence electrons. The van der Waals surface area contributed by atoms with Crippen LogP contribution < -0.4 is 5.01 Å². The molecule has 2 heterocycles. The number of anilines is 1. The molecule has 0 aliphatic carbocycles. The number of para-hydroxylation sites is 1. The van der Waals surface area contributed by atoms with Gasteiger partial charge >= 0.3 is 0 Å². The summed E-state index contributed by atoms with van der Waals surface area (Å²) < 4.78 is 0. The number of carbonyl (C=O) groups excluding carboxylic acids is 2. The summed E-state index contributed by atoms with van der Waals surface area (Å²) in [5, 5.41) is 5.75. The van der Waals surface area contributed by atoms with E-state index in [0.717, 1.165) is 19.6 Å². The fourth-order valence-electron chi connectivity index (χ4n) is 3.61. The van der Waals surface area contributed by atoms with Crippen LogP contribution in [0.5, 0.6) is 0 Å². The van der Waals surface area contributed by atoms with Gasteiger partial charge in [-0.1, -0.05) is 48.5 Å². The molecule has 4 rings (SSSR count). The lowest BCUT2D eigenvalue weighted by Crippen LogP contribution is -2.51. The van der Waals surface area contributed by atoms with E-state index in [-0.39, 0.29) is 11.8 Å². The first-order chi connectivity index (χ1) is 13.7. The Morgan fingerprint density at radius 3 is 2.18 bits per heavy atom. The average Bonchev–Trinajstić information content (AvgIpc) is 2.75. The number of piperazine rings is 1. The van der Waals surface area contributed by atoms with Crippen LogP contribution in [0.15, 0.2) is 65.8 Å². The average molecular weight is 376 g/mol. The van der Waals surface area contributed by atoms with E-state index in [4.69, 9.17) is 0 Å². The molecule has 0 spiro atoms. The van der Waals surface area contributed by atoms with Crippen molar-refractivity contribution in [2.45, 2.75) is 19.4 Å². The van der Waals surface area contributed by atoms with Crippen LogP contribution in [0.25, 0.3) is 0 Å². The molecule has 2 amide bonds. The number of benzene rings is 2. The Bertz CT molecular complexity index is 859. The minimum atomic E-state index is -0.0737. The maximum Gasteiger partial charge on any atom is 0.270 e. The van der Waals surface area contributed by atoms with Gasteiger partial charge in [0.1, 0.15) is 5.71 Å². The second-order valence-electron chi connectivity index (χ2n) is 7.14. The van der Waals surface area contributed by atoms with Gasteiger partial charge in [0.2, 0.25) is 5.91 Å². The third-order valence-electron chi connectivity index (χ3n) is 5.19. The molecule has 2 aliphatic rings. The molecule has 0 atom stereocenters. The van der Waals surface area contributed by atoms with E-state index in [9.17, 15) is 9.59 Å². The summed E-state index contributed by atoms with van der Waals surface area (Å²) >= 11 is 0. The maximum atomic E-state index is 12.9. The Labute approximate surface area is 165 Å². The summed E-state index contributed by atoms with van der Waals surface area (Å²) in [6, 6.07) is 19.7. The largest absolute Gasteiger partial charge is 0.335 e. The van der Waals surface area contributed by atoms with Crippen molar-refractivity contribution in [3.63, 3.8) is 0 Å². The lowest BCUT2D eigenvalue weighted by Gasteiger charge is -2.35. The molecule has 0 bridgehead atoms. The van der Waals surface area contributed by atoms with Gasteiger partial charge in [0, 0.05) is 45.6 Å². The van der Waals surface area contributed by atoms with Gasteiger partial charge in [0.05, 0.1) is 5.69 Å². The van der Waals surface area contributed by atoms with Crippen molar-refractivity contribution in [2.24, 2.45) is 5.10 Å². The SMILES string of the molecule is O=C(C1=NN(c2ccccc2)C(=O)CC1)N1CCN(Cc2ccccc2)CC1. The Kier molecular flexibility index (Phi) is 5.48. The molecule has 6 nitrogen and oxygen atoms in total. The molecule has 1 saturated heterocycles. The fraction of sp³-hybridized carbons (Fsp3) is 0.318. The number of nitrogens with zero attached hydrogens (tertiary/aromatic N) is 4. The predicted octanol–water partition coefficient (Wildman–Crippen LogP) is 2.51. The number of hydrogen-bond acceptors (Lipinski definition) is 4. The molecular weight excluding hydrogens is 352 g/mol. The number of rotatable bonds is 4. The van der Waals surface area contributed by atoms with Crippen LogP contribution in [0.2, 0.25) is 0 Å². The van der Waals surface area contributed by atoms with Gasteiger partial charge in [-0.3, -0.25) is 14.5 Å². The molecule has 2 aliphatic heterocycles. The van der Waals surface area contributed by atoms with Gasteiger partial charge in [-0.15, -0.1) is 0 Å². The molecule has 28 heavy (non-hydrogen) atoms. The summed E-state index contributed by atoms with van der Waals surface area (Å²) in [6.07, 6.45) is 0.721. The van der Waals surface area contributed by atoms with Crippen LogP contribution in [-0.4, -0.2) is 53.5 Å². The second kappa shape index (κ2) is 8.35. The highest BCUT2D eigenvalue weighted by atomic mass is 16.2. The summed E-state index contributed by atoms with van der Waals surface area (Å²) in [5.74, 6) is -0.122. The summed E-state index contributed by atoms with van der Waals surface area (Å²) in [6.45, 7) is 3.96. The Hall–Kier alpha value is -2.99. The first kappa shape index (κ1) is 18.4. The highest BCUT2D eigenvalue weighted by Crippen LogP contribution is 2.20. The van der Waals surface area contributed by atoms with Gasteiger partial charge in [-0.25, -0.2) is 5.01 Å². The van der Waals surface area contributed by atoms with Crippen LogP contribution in [0.1, 0.15) is 18.4 Å². The standard InChI is InChI=1S/C22H24N4O2/c27-21-12-11-20(23-26(21)19-9-5-2-6-10-19)22(28)25-15-13-24(14-16-25)17-18-7-3-1-4-8-18/h1-10H,11-17H2. The first-order valence-corrected chi connectivity index (χ1v) is 9.72. The summed E-state index contributed by atoms with van der Waals surface area (Å²) in [7, 11) is 0. The van der Waals surface area contributed by atoms with Crippen molar-refractivity contribution in [1.82, 2.24) is 9.80 Å². The summed E-state index contributed by atoms with van der Waals surface area (Å²) in [4.78, 5) is 29.4. The third kappa shape index (κ3) is 4.12. The van der Waals surface area contributed by atoms with E-state index >= 15 is 0 Å². The number of hydrogen-bond donors (Lipinski definition) is 0. The Morgan fingerprint density at radius 1 is 0.857 bits per heavy atom. The van der Waals surface area contributed by atoms with Crippen molar-refractivity contribution >= 4 is 23.2 Å². The maximum absolute atomic E-state index is 12.9. The van der Waals surface area contributed by atoms with Crippen LogP contribution in [0.4, 0.5) is 5.69 Å². The van der Waals surface area contributed by atoms with E-state index in [0.29, 0.717) is 37.3 Å². The van der Waals surface area contributed by atoms with E-state index in [2.05, 4.69) is 34.3 Å². The van der Waals surface area contributed by atoms with Crippen LogP contribution in [0.3, 0.4) is 0 Å². The minimum Gasteiger partial charge on any atom is -0.335 e. The molecule has 2 aromatic carbocycles. The smallest absolute Gasteiger partial charge is 0.270 e. The minimum absolute atomic E-state index is 0.0483. The number of hydrazone groups is 1. The predicted molar refractivity (Wildman–Crippen MR) is 109 cm³/mol. The monoisotopic (exact) mass is 376 g/mol. The van der Waals surface area contributed by atoms with Gasteiger partial charge in [0.15, 0.2) is 0 Å². The molecule has 0 N–H and O–H groups in total. The van der Waals surface area contributed by atoms with Crippen LogP contribution in [-0.2, 0) is 16.1 Å². The van der Waals surface area contributed by atoms with Crippen molar-refractivity contribution in [3.05, 3.63) is 66.2 Å². The highest BCUT2D eigenvalue weighted by Gasteiger charge is 2.30. The zero-order chi connectivity index (χ0) is 19.3. The molecule has 0 unspecified atom stereocenters. The van der Waals surface area contributed by atoms with Crippen molar-refractivity contribution < 1.29 is 9.59 Å². The fourth-order valence-corrected chi connectivity index (χ4v) is 3.61. The molecular formula is C22H24N4O2. The van der Waals surface area contributed by atoms with Crippen LogP contribution >= 0.6 is 0 Å². The first-order valence-electron chi connectivity index (χ1n) is 9.72. The topological polar surface area (TPSA) is 56.2 Å². The molecule has 0 aromatic heterocycles. The Balaban J connectivity index is 1.39.